The van der Waals surface area contributed by atoms with Crippen molar-refractivity contribution < 1.29 is 9.53 Å². The Morgan fingerprint density at radius 3 is 2.89 bits per heavy atom. The quantitative estimate of drug-likeness (QED) is 0.886. The maximum absolute atomic E-state index is 12.0. The SMILES string of the molecule is CC(C)(N)CCC(=O)CC1OCCc2ccccc21. The molecule has 2 rings (SSSR count). The molecule has 3 heteroatoms. The second-order valence-electron chi connectivity index (χ2n) is 6.04. The van der Waals surface area contributed by atoms with Crippen LogP contribution in [0.3, 0.4) is 0 Å². The molecule has 3 nitrogen and oxygen atoms in total. The maximum atomic E-state index is 12.0. The van der Waals surface area contributed by atoms with Gasteiger partial charge < -0.3 is 10.5 Å². The number of benzene rings is 1. The summed E-state index contributed by atoms with van der Waals surface area (Å²) in [5.41, 5.74) is 8.12. The van der Waals surface area contributed by atoms with Crippen LogP contribution in [0.25, 0.3) is 0 Å². The molecule has 1 aromatic carbocycles. The summed E-state index contributed by atoms with van der Waals surface area (Å²) in [7, 11) is 0. The van der Waals surface area contributed by atoms with E-state index in [2.05, 4.69) is 12.1 Å². The lowest BCUT2D eigenvalue weighted by Gasteiger charge is -2.26. The van der Waals surface area contributed by atoms with Gasteiger partial charge in [-0.25, -0.2) is 0 Å². The van der Waals surface area contributed by atoms with Crippen molar-refractivity contribution in [3.8, 4) is 0 Å². The molecule has 0 spiro atoms. The number of hydrogen-bond acceptors (Lipinski definition) is 3. The average molecular weight is 261 g/mol. The number of rotatable bonds is 5. The second-order valence-corrected chi connectivity index (χ2v) is 6.04. The van der Waals surface area contributed by atoms with Crippen molar-refractivity contribution in [2.75, 3.05) is 6.61 Å². The van der Waals surface area contributed by atoms with E-state index in [0.717, 1.165) is 12.8 Å². The van der Waals surface area contributed by atoms with Crippen LogP contribution in [0, 0.1) is 0 Å². The Labute approximate surface area is 115 Å². The topological polar surface area (TPSA) is 52.3 Å². The molecular weight excluding hydrogens is 238 g/mol. The molecule has 0 bridgehead atoms. The lowest BCUT2D eigenvalue weighted by molar-refractivity contribution is -0.122. The third kappa shape index (κ3) is 4.15. The second kappa shape index (κ2) is 5.85. The molecule has 0 aliphatic carbocycles. The molecule has 19 heavy (non-hydrogen) atoms. The number of ether oxygens (including phenoxy) is 1. The number of nitrogens with two attached hydrogens (primary N) is 1. The van der Waals surface area contributed by atoms with E-state index in [-0.39, 0.29) is 17.4 Å². The Bertz CT molecular complexity index is 448. The minimum absolute atomic E-state index is 0.0710. The van der Waals surface area contributed by atoms with Gasteiger partial charge in [0.2, 0.25) is 0 Å². The molecule has 2 N–H and O–H groups in total. The van der Waals surface area contributed by atoms with E-state index in [4.69, 9.17) is 10.5 Å². The van der Waals surface area contributed by atoms with Gasteiger partial charge in [0.15, 0.2) is 0 Å². The zero-order valence-electron chi connectivity index (χ0n) is 11.8. The van der Waals surface area contributed by atoms with Gasteiger partial charge in [-0.05, 0) is 37.8 Å². The lowest BCUT2D eigenvalue weighted by Crippen LogP contribution is -2.32. The highest BCUT2D eigenvalue weighted by Gasteiger charge is 2.23. The van der Waals surface area contributed by atoms with Crippen molar-refractivity contribution in [3.63, 3.8) is 0 Å². The van der Waals surface area contributed by atoms with Crippen molar-refractivity contribution in [3.05, 3.63) is 35.4 Å². The summed E-state index contributed by atoms with van der Waals surface area (Å²) in [6.45, 7) is 4.61. The molecule has 1 heterocycles. The van der Waals surface area contributed by atoms with Gasteiger partial charge in [0.25, 0.3) is 0 Å². The maximum Gasteiger partial charge on any atom is 0.135 e. The fourth-order valence-corrected chi connectivity index (χ4v) is 2.42. The molecule has 0 radical (unpaired) electrons. The minimum atomic E-state index is -0.277. The predicted octanol–water partition coefficient (Wildman–Crippen LogP) is 2.78. The van der Waals surface area contributed by atoms with Gasteiger partial charge in [-0.2, -0.15) is 0 Å². The molecule has 1 aliphatic heterocycles. The minimum Gasteiger partial charge on any atom is -0.373 e. The first-order valence-corrected chi connectivity index (χ1v) is 6.96. The van der Waals surface area contributed by atoms with Crippen LogP contribution in [0.2, 0.25) is 0 Å². The van der Waals surface area contributed by atoms with Gasteiger partial charge >= 0.3 is 0 Å². The fourth-order valence-electron chi connectivity index (χ4n) is 2.42. The zero-order valence-corrected chi connectivity index (χ0v) is 11.8. The molecule has 1 aliphatic rings. The van der Waals surface area contributed by atoms with Gasteiger partial charge in [-0.1, -0.05) is 24.3 Å². The normalized spacial score (nSPS) is 19.0. The average Bonchev–Trinajstić information content (AvgIpc) is 2.36. The van der Waals surface area contributed by atoms with Crippen LogP contribution in [0.1, 0.15) is 50.3 Å². The van der Waals surface area contributed by atoms with Gasteiger partial charge in [-0.3, -0.25) is 4.79 Å². The zero-order chi connectivity index (χ0) is 13.9. The van der Waals surface area contributed by atoms with Crippen LogP contribution in [-0.4, -0.2) is 17.9 Å². The Kier molecular flexibility index (Phi) is 4.38. The molecule has 0 amide bonds. The summed E-state index contributed by atoms with van der Waals surface area (Å²) in [4.78, 5) is 12.0. The van der Waals surface area contributed by atoms with Gasteiger partial charge in [-0.15, -0.1) is 0 Å². The first-order valence-electron chi connectivity index (χ1n) is 6.96. The van der Waals surface area contributed by atoms with Crippen LogP contribution in [0.15, 0.2) is 24.3 Å². The van der Waals surface area contributed by atoms with Crippen molar-refractivity contribution in [1.29, 1.82) is 0 Å². The van der Waals surface area contributed by atoms with Gasteiger partial charge in [0, 0.05) is 18.4 Å². The van der Waals surface area contributed by atoms with Crippen LogP contribution >= 0.6 is 0 Å². The fraction of sp³-hybridized carbons (Fsp3) is 0.562. The van der Waals surface area contributed by atoms with E-state index >= 15 is 0 Å². The van der Waals surface area contributed by atoms with Crippen molar-refractivity contribution >= 4 is 5.78 Å². The molecule has 1 aromatic rings. The van der Waals surface area contributed by atoms with Crippen LogP contribution in [-0.2, 0) is 16.0 Å². The molecular formula is C16H23NO2. The standard InChI is InChI=1S/C16H23NO2/c1-16(2,17)9-7-13(18)11-15-14-6-4-3-5-12(14)8-10-19-15/h3-6,15H,7-11,17H2,1-2H3. The monoisotopic (exact) mass is 261 g/mol. The molecule has 1 atom stereocenters. The number of fused-ring (bicyclic) bond motifs is 1. The Hall–Kier alpha value is -1.19. The number of hydrogen-bond donors (Lipinski definition) is 1. The smallest absolute Gasteiger partial charge is 0.135 e. The highest BCUT2D eigenvalue weighted by atomic mass is 16.5. The number of carbonyl (C=O) groups excluding carboxylic acids is 1. The third-order valence-corrected chi connectivity index (χ3v) is 3.55. The molecule has 0 aromatic heterocycles. The Balaban J connectivity index is 1.95. The largest absolute Gasteiger partial charge is 0.373 e. The van der Waals surface area contributed by atoms with Gasteiger partial charge in [0.05, 0.1) is 12.7 Å². The van der Waals surface area contributed by atoms with Crippen molar-refractivity contribution in [2.24, 2.45) is 5.73 Å². The van der Waals surface area contributed by atoms with E-state index in [9.17, 15) is 4.79 Å². The summed E-state index contributed by atoms with van der Waals surface area (Å²) in [5, 5.41) is 0. The van der Waals surface area contributed by atoms with E-state index in [1.165, 1.54) is 11.1 Å². The first kappa shape index (κ1) is 14.2. The summed E-state index contributed by atoms with van der Waals surface area (Å²) >= 11 is 0. The molecule has 0 saturated carbocycles. The summed E-state index contributed by atoms with van der Waals surface area (Å²) in [6, 6.07) is 8.24. The van der Waals surface area contributed by atoms with E-state index < -0.39 is 0 Å². The third-order valence-electron chi connectivity index (χ3n) is 3.55. The highest BCUT2D eigenvalue weighted by Crippen LogP contribution is 2.30. The summed E-state index contributed by atoms with van der Waals surface area (Å²) in [5.74, 6) is 0.236. The number of carbonyl (C=O) groups is 1. The molecule has 104 valence electrons. The molecule has 0 fully saturated rings. The van der Waals surface area contributed by atoms with Crippen LogP contribution < -0.4 is 5.73 Å². The summed E-state index contributed by atoms with van der Waals surface area (Å²) < 4.78 is 5.75. The van der Waals surface area contributed by atoms with Crippen molar-refractivity contribution in [1.82, 2.24) is 0 Å². The van der Waals surface area contributed by atoms with Crippen LogP contribution in [0.5, 0.6) is 0 Å². The van der Waals surface area contributed by atoms with Crippen LogP contribution in [0.4, 0.5) is 0 Å². The number of ketones is 1. The highest BCUT2D eigenvalue weighted by molar-refractivity contribution is 5.79. The first-order chi connectivity index (χ1) is 8.96. The van der Waals surface area contributed by atoms with Gasteiger partial charge in [0.1, 0.15) is 5.78 Å². The van der Waals surface area contributed by atoms with E-state index in [1.54, 1.807) is 0 Å². The Morgan fingerprint density at radius 1 is 1.42 bits per heavy atom. The lowest BCUT2D eigenvalue weighted by atomic mass is 9.92. The Morgan fingerprint density at radius 2 is 2.16 bits per heavy atom. The van der Waals surface area contributed by atoms with E-state index in [1.807, 2.05) is 26.0 Å². The summed E-state index contributed by atoms with van der Waals surface area (Å²) in [6.07, 6.45) is 2.59. The molecule has 0 saturated heterocycles. The van der Waals surface area contributed by atoms with Crippen molar-refractivity contribution in [2.45, 2.75) is 51.2 Å². The predicted molar refractivity (Wildman–Crippen MR) is 76.0 cm³/mol. The number of Topliss-reactive ketones (excluding diaryl/α,β-unsaturated/α-hetero) is 1. The molecule has 1 unspecified atom stereocenters. The van der Waals surface area contributed by atoms with E-state index in [0.29, 0.717) is 19.4 Å².